The zero-order chi connectivity index (χ0) is 23.1. The maximum absolute atomic E-state index is 12.5. The van der Waals surface area contributed by atoms with Crippen molar-refractivity contribution in [1.82, 2.24) is 0 Å². The van der Waals surface area contributed by atoms with Crippen molar-refractivity contribution in [3.8, 4) is 11.8 Å². The number of ether oxygens (including phenoxy) is 1. The third-order valence-corrected chi connectivity index (χ3v) is 5.51. The van der Waals surface area contributed by atoms with Crippen LogP contribution in [0.2, 0.25) is 0 Å². The Bertz CT molecular complexity index is 1230. The van der Waals surface area contributed by atoms with Gasteiger partial charge in [0.2, 0.25) is 0 Å². The van der Waals surface area contributed by atoms with E-state index in [2.05, 4.69) is 5.32 Å². The van der Waals surface area contributed by atoms with E-state index in [1.165, 1.54) is 31.0 Å². The van der Waals surface area contributed by atoms with Crippen LogP contribution in [0, 0.1) is 28.4 Å². The highest BCUT2D eigenvalue weighted by Gasteiger charge is 2.17. The minimum atomic E-state index is -0.624. The number of methoxy groups -OCH3 is 1. The van der Waals surface area contributed by atoms with Crippen molar-refractivity contribution >= 4 is 35.1 Å². The van der Waals surface area contributed by atoms with Gasteiger partial charge < -0.3 is 10.1 Å². The van der Waals surface area contributed by atoms with Gasteiger partial charge in [0.1, 0.15) is 17.4 Å². The minimum absolute atomic E-state index is 0.102. The largest absolute Gasteiger partial charge is 0.497 e. The van der Waals surface area contributed by atoms with E-state index in [-0.39, 0.29) is 11.3 Å². The molecule has 3 aromatic carbocycles. The van der Waals surface area contributed by atoms with Gasteiger partial charge in [-0.2, -0.15) is 5.26 Å². The topological polar surface area (TPSA) is 105 Å². The van der Waals surface area contributed by atoms with E-state index in [9.17, 15) is 20.2 Å². The first kappa shape index (κ1) is 22.6. The fourth-order valence-corrected chi connectivity index (χ4v) is 3.70. The van der Waals surface area contributed by atoms with Gasteiger partial charge in [0.05, 0.1) is 16.9 Å². The van der Waals surface area contributed by atoms with E-state index in [0.717, 1.165) is 10.5 Å². The van der Waals surface area contributed by atoms with Gasteiger partial charge in [0, 0.05) is 22.7 Å². The van der Waals surface area contributed by atoms with Crippen molar-refractivity contribution in [3.63, 3.8) is 0 Å². The van der Waals surface area contributed by atoms with E-state index >= 15 is 0 Å². The van der Waals surface area contributed by atoms with E-state index in [1.54, 1.807) is 36.4 Å². The van der Waals surface area contributed by atoms with Crippen molar-refractivity contribution in [2.45, 2.75) is 16.7 Å². The summed E-state index contributed by atoms with van der Waals surface area (Å²) in [7, 11) is 1.51. The lowest BCUT2D eigenvalue weighted by atomic mass is 10.1. The second kappa shape index (κ2) is 10.3. The number of nitro groups is 1. The van der Waals surface area contributed by atoms with Gasteiger partial charge in [-0.1, -0.05) is 41.6 Å². The third-order valence-electron chi connectivity index (χ3n) is 4.43. The number of nitro benzene ring substituents is 1. The van der Waals surface area contributed by atoms with Crippen molar-refractivity contribution in [1.29, 1.82) is 5.26 Å². The molecule has 32 heavy (non-hydrogen) atoms. The average molecular weight is 446 g/mol. The number of hydrogen-bond donors (Lipinski definition) is 1. The number of anilines is 1. The number of nitrogens with zero attached hydrogens (tertiary/aromatic N) is 2. The van der Waals surface area contributed by atoms with Crippen LogP contribution in [0.1, 0.15) is 11.1 Å². The molecule has 0 atom stereocenters. The third kappa shape index (κ3) is 5.74. The molecule has 3 rings (SSSR count). The Kier molecular flexibility index (Phi) is 7.26. The lowest BCUT2D eigenvalue weighted by Gasteiger charge is -2.07. The van der Waals surface area contributed by atoms with E-state index in [1.807, 2.05) is 37.3 Å². The molecule has 0 unspecified atom stereocenters. The second-order valence-electron chi connectivity index (χ2n) is 6.76. The number of rotatable bonds is 7. The number of benzene rings is 3. The first-order valence-electron chi connectivity index (χ1n) is 9.50. The molecule has 0 aliphatic rings. The number of nitrogens with one attached hydrogen (secondary N) is 1. The molecule has 1 amide bonds. The highest BCUT2D eigenvalue weighted by molar-refractivity contribution is 7.99. The van der Waals surface area contributed by atoms with Gasteiger partial charge in [-0.3, -0.25) is 14.9 Å². The van der Waals surface area contributed by atoms with Crippen LogP contribution < -0.4 is 10.1 Å². The maximum Gasteiger partial charge on any atom is 0.283 e. The highest BCUT2D eigenvalue weighted by atomic mass is 32.2. The summed E-state index contributed by atoms with van der Waals surface area (Å²) in [4.78, 5) is 25.0. The molecule has 0 aromatic heterocycles. The monoisotopic (exact) mass is 445 g/mol. The molecule has 1 N–H and O–H groups in total. The number of amides is 1. The SMILES string of the molecule is COc1cccc(NC(=O)C(C#N)=Cc2ccc(Sc3ccc(C)cc3)c([N+](=O)[O-])c2)c1. The van der Waals surface area contributed by atoms with Crippen LogP contribution in [0.15, 0.2) is 82.1 Å². The molecule has 0 saturated carbocycles. The van der Waals surface area contributed by atoms with Crippen LogP contribution in [-0.2, 0) is 4.79 Å². The summed E-state index contributed by atoms with van der Waals surface area (Å²) in [5, 5.41) is 23.7. The predicted octanol–water partition coefficient (Wildman–Crippen LogP) is 5.61. The maximum atomic E-state index is 12.5. The Labute approximate surface area is 189 Å². The molecule has 0 bridgehead atoms. The second-order valence-corrected chi connectivity index (χ2v) is 7.87. The molecular formula is C24H19N3O4S. The van der Waals surface area contributed by atoms with Crippen molar-refractivity contribution < 1.29 is 14.5 Å². The lowest BCUT2D eigenvalue weighted by Crippen LogP contribution is -2.13. The van der Waals surface area contributed by atoms with Gasteiger partial charge in [-0.05, 0) is 48.9 Å². The number of nitriles is 1. The molecule has 0 heterocycles. The lowest BCUT2D eigenvalue weighted by molar-refractivity contribution is -0.387. The molecule has 7 nitrogen and oxygen atoms in total. The molecule has 0 saturated heterocycles. The molecule has 8 heteroatoms. The van der Waals surface area contributed by atoms with Crippen molar-refractivity contribution in [2.24, 2.45) is 0 Å². The normalized spacial score (nSPS) is 10.8. The molecular weight excluding hydrogens is 426 g/mol. The van der Waals surface area contributed by atoms with E-state index in [0.29, 0.717) is 21.9 Å². The summed E-state index contributed by atoms with van der Waals surface area (Å²) in [6.07, 6.45) is 1.32. The minimum Gasteiger partial charge on any atom is -0.497 e. The smallest absolute Gasteiger partial charge is 0.283 e. The van der Waals surface area contributed by atoms with Gasteiger partial charge in [-0.25, -0.2) is 0 Å². The molecule has 160 valence electrons. The summed E-state index contributed by atoms with van der Waals surface area (Å²) < 4.78 is 5.12. The average Bonchev–Trinajstić information content (AvgIpc) is 2.79. The number of carbonyl (C=O) groups is 1. The first-order chi connectivity index (χ1) is 15.4. The fourth-order valence-electron chi connectivity index (χ4n) is 2.80. The zero-order valence-electron chi connectivity index (χ0n) is 17.4. The predicted molar refractivity (Wildman–Crippen MR) is 124 cm³/mol. The summed E-state index contributed by atoms with van der Waals surface area (Å²) in [5.41, 5.74) is 1.66. The summed E-state index contributed by atoms with van der Waals surface area (Å²) in [6, 6.07) is 20.8. The zero-order valence-corrected chi connectivity index (χ0v) is 18.2. The Hall–Kier alpha value is -4.09. The van der Waals surface area contributed by atoms with Crippen LogP contribution in [0.3, 0.4) is 0 Å². The van der Waals surface area contributed by atoms with Crippen LogP contribution >= 0.6 is 11.8 Å². The fraction of sp³-hybridized carbons (Fsp3) is 0.0833. The standard InChI is InChI=1S/C24H19N3O4S/c1-16-6-9-21(10-7-16)32-23-11-8-17(13-22(23)27(29)30)12-18(15-25)24(28)26-19-4-3-5-20(14-19)31-2/h3-14H,1-2H3,(H,26,28). The van der Waals surface area contributed by atoms with Crippen LogP contribution in [0.5, 0.6) is 5.75 Å². The van der Waals surface area contributed by atoms with Gasteiger partial charge >= 0.3 is 0 Å². The summed E-state index contributed by atoms with van der Waals surface area (Å²) >= 11 is 1.28. The molecule has 0 spiro atoms. The molecule has 0 fully saturated rings. The Morgan fingerprint density at radius 3 is 2.56 bits per heavy atom. The summed E-state index contributed by atoms with van der Waals surface area (Å²) in [5.74, 6) is -0.0657. The quantitative estimate of drug-likeness (QED) is 0.219. The van der Waals surface area contributed by atoms with E-state index in [4.69, 9.17) is 4.74 Å². The summed E-state index contributed by atoms with van der Waals surface area (Å²) in [6.45, 7) is 1.97. The van der Waals surface area contributed by atoms with E-state index < -0.39 is 10.8 Å². The molecule has 3 aromatic rings. The highest BCUT2D eigenvalue weighted by Crippen LogP contribution is 2.35. The van der Waals surface area contributed by atoms with Crippen molar-refractivity contribution in [3.05, 3.63) is 93.5 Å². The Morgan fingerprint density at radius 2 is 1.91 bits per heavy atom. The molecule has 0 aliphatic carbocycles. The number of aryl methyl sites for hydroxylation is 1. The first-order valence-corrected chi connectivity index (χ1v) is 10.3. The Morgan fingerprint density at radius 1 is 1.16 bits per heavy atom. The van der Waals surface area contributed by atoms with Gasteiger partial charge in [0.25, 0.3) is 11.6 Å². The van der Waals surface area contributed by atoms with Crippen molar-refractivity contribution in [2.75, 3.05) is 12.4 Å². The van der Waals surface area contributed by atoms with Crippen LogP contribution in [0.25, 0.3) is 6.08 Å². The van der Waals surface area contributed by atoms with Crippen LogP contribution in [0.4, 0.5) is 11.4 Å². The van der Waals surface area contributed by atoms with Gasteiger partial charge in [0.15, 0.2) is 0 Å². The van der Waals surface area contributed by atoms with Gasteiger partial charge in [-0.15, -0.1) is 0 Å². The molecule has 0 radical (unpaired) electrons. The number of hydrogen-bond acceptors (Lipinski definition) is 6. The molecule has 0 aliphatic heterocycles. The van der Waals surface area contributed by atoms with Crippen LogP contribution in [-0.4, -0.2) is 17.9 Å². The number of carbonyl (C=O) groups excluding carboxylic acids is 1. The Balaban J connectivity index is 1.85.